The number of benzene rings is 1. The van der Waals surface area contributed by atoms with Gasteiger partial charge in [0, 0.05) is 5.75 Å². The summed E-state index contributed by atoms with van der Waals surface area (Å²) in [4.78, 5) is 7.95. The van der Waals surface area contributed by atoms with Crippen LogP contribution < -0.4 is 5.73 Å². The summed E-state index contributed by atoms with van der Waals surface area (Å²) < 4.78 is 0. The molecule has 2 aromatic rings. The van der Waals surface area contributed by atoms with Crippen LogP contribution in [0, 0.1) is 6.92 Å². The van der Waals surface area contributed by atoms with Gasteiger partial charge in [0.15, 0.2) is 0 Å². The Morgan fingerprint density at radius 1 is 1.35 bits per heavy atom. The molecule has 2 N–H and O–H groups in total. The highest BCUT2D eigenvalue weighted by atomic mass is 35.5. The molecule has 0 unspecified atom stereocenters. The van der Waals surface area contributed by atoms with Gasteiger partial charge < -0.3 is 5.73 Å². The maximum Gasteiger partial charge on any atom is 0.221 e. The molecule has 0 aliphatic rings. The third kappa shape index (κ3) is 3.11. The number of anilines is 1. The highest BCUT2D eigenvalue weighted by Crippen LogP contribution is 2.28. The molecule has 88 valence electrons. The first kappa shape index (κ1) is 12.2. The molecule has 0 amide bonds. The number of aromatic nitrogens is 2. The minimum Gasteiger partial charge on any atom is -0.368 e. The molecule has 2 rings (SSSR count). The Bertz CT molecular complexity index is 531. The van der Waals surface area contributed by atoms with Crippen molar-refractivity contribution >= 4 is 29.3 Å². The number of halogens is 1. The maximum atomic E-state index is 6.00. The van der Waals surface area contributed by atoms with Crippen molar-refractivity contribution in [2.24, 2.45) is 0 Å². The van der Waals surface area contributed by atoms with Crippen LogP contribution in [0.25, 0.3) is 0 Å². The van der Waals surface area contributed by atoms with Gasteiger partial charge in [0.25, 0.3) is 0 Å². The van der Waals surface area contributed by atoms with Gasteiger partial charge in [-0.3, -0.25) is 0 Å². The molecule has 0 bridgehead atoms. The molecule has 1 heterocycles. The predicted octanol–water partition coefficient (Wildman–Crippen LogP) is 3.31. The van der Waals surface area contributed by atoms with Gasteiger partial charge in [0.2, 0.25) is 5.95 Å². The Morgan fingerprint density at radius 2 is 2.12 bits per heavy atom. The average molecular weight is 266 g/mol. The van der Waals surface area contributed by atoms with E-state index in [1.807, 2.05) is 12.1 Å². The Morgan fingerprint density at radius 3 is 2.88 bits per heavy atom. The molecule has 5 heteroatoms. The first-order valence-corrected chi connectivity index (χ1v) is 6.48. The highest BCUT2D eigenvalue weighted by molar-refractivity contribution is 7.98. The van der Waals surface area contributed by atoms with Crippen LogP contribution >= 0.6 is 23.4 Å². The van der Waals surface area contributed by atoms with Crippen LogP contribution in [-0.4, -0.2) is 9.97 Å². The van der Waals surface area contributed by atoms with E-state index in [1.54, 1.807) is 11.8 Å². The molecule has 0 radical (unpaired) electrons. The van der Waals surface area contributed by atoms with E-state index in [9.17, 15) is 0 Å². The zero-order valence-corrected chi connectivity index (χ0v) is 10.9. The summed E-state index contributed by atoms with van der Waals surface area (Å²) in [6, 6.07) is 8.24. The van der Waals surface area contributed by atoms with Crippen molar-refractivity contribution in [1.82, 2.24) is 9.97 Å². The lowest BCUT2D eigenvalue weighted by molar-refractivity contribution is 1.06. The Balaban J connectivity index is 2.12. The van der Waals surface area contributed by atoms with E-state index in [-0.39, 0.29) is 5.95 Å². The SMILES string of the molecule is Cc1ccccc1CSc1nc(N)ncc1Cl. The van der Waals surface area contributed by atoms with Crippen LogP contribution in [0.2, 0.25) is 5.02 Å². The number of nitrogens with zero attached hydrogens (tertiary/aromatic N) is 2. The number of rotatable bonds is 3. The van der Waals surface area contributed by atoms with E-state index >= 15 is 0 Å². The van der Waals surface area contributed by atoms with Crippen LogP contribution in [0.5, 0.6) is 0 Å². The maximum absolute atomic E-state index is 6.00. The lowest BCUT2D eigenvalue weighted by Crippen LogP contribution is -1.96. The molecule has 0 aliphatic carbocycles. The Kier molecular flexibility index (Phi) is 3.86. The fourth-order valence-electron chi connectivity index (χ4n) is 1.38. The smallest absolute Gasteiger partial charge is 0.221 e. The van der Waals surface area contributed by atoms with E-state index < -0.39 is 0 Å². The summed E-state index contributed by atoms with van der Waals surface area (Å²) in [5, 5.41) is 1.26. The first-order valence-electron chi connectivity index (χ1n) is 5.12. The van der Waals surface area contributed by atoms with Crippen molar-refractivity contribution < 1.29 is 0 Å². The summed E-state index contributed by atoms with van der Waals surface area (Å²) in [7, 11) is 0. The second kappa shape index (κ2) is 5.38. The molecule has 0 spiro atoms. The van der Waals surface area contributed by atoms with Crippen LogP contribution in [0.3, 0.4) is 0 Å². The minimum atomic E-state index is 0.252. The van der Waals surface area contributed by atoms with Gasteiger partial charge in [-0.25, -0.2) is 9.97 Å². The number of hydrogen-bond donors (Lipinski definition) is 1. The van der Waals surface area contributed by atoms with Gasteiger partial charge in [-0.15, -0.1) is 0 Å². The molecular weight excluding hydrogens is 254 g/mol. The molecule has 0 saturated carbocycles. The zero-order chi connectivity index (χ0) is 12.3. The van der Waals surface area contributed by atoms with Gasteiger partial charge in [0.05, 0.1) is 11.2 Å². The number of hydrogen-bond acceptors (Lipinski definition) is 4. The Hall–Kier alpha value is -1.26. The van der Waals surface area contributed by atoms with E-state index in [1.165, 1.54) is 17.3 Å². The van der Waals surface area contributed by atoms with E-state index in [0.717, 1.165) is 10.8 Å². The van der Waals surface area contributed by atoms with Crippen molar-refractivity contribution in [3.05, 3.63) is 46.6 Å². The Labute approximate surface area is 109 Å². The molecule has 1 aromatic carbocycles. The summed E-state index contributed by atoms with van der Waals surface area (Å²) in [6.45, 7) is 2.09. The summed E-state index contributed by atoms with van der Waals surface area (Å²) in [5.41, 5.74) is 8.06. The van der Waals surface area contributed by atoms with E-state index in [0.29, 0.717) is 5.02 Å². The summed E-state index contributed by atoms with van der Waals surface area (Å²) in [5.74, 6) is 1.07. The van der Waals surface area contributed by atoms with Crippen molar-refractivity contribution in [3.63, 3.8) is 0 Å². The van der Waals surface area contributed by atoms with Gasteiger partial charge in [0.1, 0.15) is 5.03 Å². The van der Waals surface area contributed by atoms with Gasteiger partial charge in [-0.1, -0.05) is 47.6 Å². The second-order valence-electron chi connectivity index (χ2n) is 3.60. The lowest BCUT2D eigenvalue weighted by Gasteiger charge is -2.06. The molecule has 17 heavy (non-hydrogen) atoms. The number of aryl methyl sites for hydroxylation is 1. The largest absolute Gasteiger partial charge is 0.368 e. The third-order valence-corrected chi connectivity index (χ3v) is 3.78. The van der Waals surface area contributed by atoms with Crippen LogP contribution in [0.1, 0.15) is 11.1 Å². The topological polar surface area (TPSA) is 51.8 Å². The van der Waals surface area contributed by atoms with Gasteiger partial charge in [-0.2, -0.15) is 0 Å². The molecular formula is C12H12ClN3S. The van der Waals surface area contributed by atoms with Crippen molar-refractivity contribution in [3.8, 4) is 0 Å². The monoisotopic (exact) mass is 265 g/mol. The van der Waals surface area contributed by atoms with Crippen LogP contribution in [-0.2, 0) is 5.75 Å². The lowest BCUT2D eigenvalue weighted by atomic mass is 10.1. The van der Waals surface area contributed by atoms with Crippen molar-refractivity contribution in [2.75, 3.05) is 5.73 Å². The molecule has 0 fully saturated rings. The van der Waals surface area contributed by atoms with E-state index in [4.69, 9.17) is 17.3 Å². The second-order valence-corrected chi connectivity index (χ2v) is 4.97. The van der Waals surface area contributed by atoms with Crippen LogP contribution in [0.4, 0.5) is 5.95 Å². The molecule has 3 nitrogen and oxygen atoms in total. The first-order chi connectivity index (χ1) is 8.16. The third-order valence-electron chi connectivity index (χ3n) is 2.36. The zero-order valence-electron chi connectivity index (χ0n) is 9.35. The number of nitrogen functional groups attached to an aromatic ring is 1. The standard InChI is InChI=1S/C12H12ClN3S/c1-8-4-2-3-5-9(8)7-17-11-10(13)6-15-12(14)16-11/h2-6H,7H2,1H3,(H2,14,15,16). The highest BCUT2D eigenvalue weighted by Gasteiger charge is 2.06. The van der Waals surface area contributed by atoms with Crippen molar-refractivity contribution in [1.29, 1.82) is 0 Å². The molecule has 0 saturated heterocycles. The van der Waals surface area contributed by atoms with Crippen molar-refractivity contribution in [2.45, 2.75) is 17.7 Å². The van der Waals surface area contributed by atoms with Crippen LogP contribution in [0.15, 0.2) is 35.5 Å². The normalized spacial score (nSPS) is 10.5. The summed E-state index contributed by atoms with van der Waals surface area (Å²) >= 11 is 7.57. The average Bonchev–Trinajstić information content (AvgIpc) is 2.32. The minimum absolute atomic E-state index is 0.252. The van der Waals surface area contributed by atoms with E-state index in [2.05, 4.69) is 29.0 Å². The quantitative estimate of drug-likeness (QED) is 0.683. The van der Waals surface area contributed by atoms with Gasteiger partial charge >= 0.3 is 0 Å². The predicted molar refractivity (Wildman–Crippen MR) is 72.2 cm³/mol. The van der Waals surface area contributed by atoms with Gasteiger partial charge in [-0.05, 0) is 18.1 Å². The number of nitrogens with two attached hydrogens (primary N) is 1. The fourth-order valence-corrected chi connectivity index (χ4v) is 2.60. The molecule has 1 aromatic heterocycles. The molecule has 0 atom stereocenters. The fraction of sp³-hybridized carbons (Fsp3) is 0.167. The molecule has 0 aliphatic heterocycles. The number of thioether (sulfide) groups is 1. The summed E-state index contributed by atoms with van der Waals surface area (Å²) in [6.07, 6.45) is 1.53.